The van der Waals surface area contributed by atoms with E-state index in [1.807, 2.05) is 0 Å². The van der Waals surface area contributed by atoms with Gasteiger partial charge in [-0.2, -0.15) is 0 Å². The highest BCUT2D eigenvalue weighted by atomic mass is 19.1. The lowest BCUT2D eigenvalue weighted by molar-refractivity contribution is -0.123. The van der Waals surface area contributed by atoms with Gasteiger partial charge in [0, 0.05) is 0 Å². The summed E-state index contributed by atoms with van der Waals surface area (Å²) >= 11 is 0. The maximum absolute atomic E-state index is 13.5. The maximum atomic E-state index is 13.5. The van der Waals surface area contributed by atoms with E-state index in [2.05, 4.69) is 0 Å². The Labute approximate surface area is 116 Å². The van der Waals surface area contributed by atoms with Crippen LogP contribution in [0.1, 0.15) is 24.8 Å². The normalized spacial score (nSPS) is 35.0. The van der Waals surface area contributed by atoms with Gasteiger partial charge in [-0.05, 0) is 55.7 Å². The summed E-state index contributed by atoms with van der Waals surface area (Å²) in [5, 5.41) is 0. The van der Waals surface area contributed by atoms with Gasteiger partial charge in [0.2, 0.25) is 11.8 Å². The molecule has 0 N–H and O–H groups in total. The molecule has 0 radical (unpaired) electrons. The minimum absolute atomic E-state index is 0.110. The predicted octanol–water partition coefficient (Wildman–Crippen LogP) is 2.67. The smallest absolute Gasteiger partial charge is 0.237 e. The molecule has 3 fully saturated rings. The standard InChI is InChI=1S/C16H16FNO2/c1-8-2-5-11(17)7-12(8)18-15(19)13-9-3-4-10(6-9)14(13)16(18)20/h2,5,7,9-10,13-14H,3-4,6H2,1H3/t9-,10-,13-,14-/m0/s1. The monoisotopic (exact) mass is 273 g/mol. The second-order valence-electron chi connectivity index (χ2n) is 6.33. The number of hydrogen-bond acceptors (Lipinski definition) is 2. The van der Waals surface area contributed by atoms with Gasteiger partial charge < -0.3 is 0 Å². The quantitative estimate of drug-likeness (QED) is 0.738. The van der Waals surface area contributed by atoms with Crippen LogP contribution in [0.2, 0.25) is 0 Å². The van der Waals surface area contributed by atoms with E-state index in [9.17, 15) is 14.0 Å². The van der Waals surface area contributed by atoms with Crippen molar-refractivity contribution in [3.63, 3.8) is 0 Å². The average Bonchev–Trinajstić information content (AvgIpc) is 3.08. The molecular formula is C16H16FNO2. The van der Waals surface area contributed by atoms with E-state index < -0.39 is 5.82 Å². The van der Waals surface area contributed by atoms with E-state index in [0.717, 1.165) is 24.8 Å². The molecule has 1 aromatic rings. The number of imide groups is 1. The molecule has 0 spiro atoms. The second kappa shape index (κ2) is 3.90. The molecule has 3 nitrogen and oxygen atoms in total. The molecule has 20 heavy (non-hydrogen) atoms. The fraction of sp³-hybridized carbons (Fsp3) is 0.500. The molecule has 4 atom stereocenters. The lowest BCUT2D eigenvalue weighted by Gasteiger charge is -2.19. The number of amides is 2. The number of aryl methyl sites for hydroxylation is 1. The van der Waals surface area contributed by atoms with E-state index in [1.165, 1.54) is 17.0 Å². The Balaban J connectivity index is 1.79. The molecule has 1 heterocycles. The third kappa shape index (κ3) is 1.39. The molecule has 0 unspecified atom stereocenters. The second-order valence-corrected chi connectivity index (χ2v) is 6.33. The van der Waals surface area contributed by atoms with Crippen LogP contribution in [0, 0.1) is 36.4 Å². The molecule has 2 aliphatic carbocycles. The molecule has 2 bridgehead atoms. The zero-order valence-corrected chi connectivity index (χ0v) is 11.3. The first-order valence-corrected chi connectivity index (χ1v) is 7.22. The van der Waals surface area contributed by atoms with Gasteiger partial charge in [-0.1, -0.05) is 6.07 Å². The van der Waals surface area contributed by atoms with E-state index in [1.54, 1.807) is 13.0 Å². The highest BCUT2D eigenvalue weighted by Gasteiger charge is 2.61. The third-order valence-corrected chi connectivity index (χ3v) is 5.34. The summed E-state index contributed by atoms with van der Waals surface area (Å²) in [6, 6.07) is 4.27. The van der Waals surface area contributed by atoms with Crippen molar-refractivity contribution in [3.05, 3.63) is 29.6 Å². The van der Waals surface area contributed by atoms with Crippen molar-refractivity contribution in [2.75, 3.05) is 4.90 Å². The molecule has 1 saturated heterocycles. The minimum atomic E-state index is -0.411. The van der Waals surface area contributed by atoms with Gasteiger partial charge in [-0.25, -0.2) is 9.29 Å². The molecule has 4 heteroatoms. The van der Waals surface area contributed by atoms with Gasteiger partial charge in [-0.3, -0.25) is 9.59 Å². The minimum Gasteiger partial charge on any atom is -0.274 e. The number of benzene rings is 1. The zero-order valence-electron chi connectivity index (χ0n) is 11.3. The number of carbonyl (C=O) groups excluding carboxylic acids is 2. The van der Waals surface area contributed by atoms with Crippen LogP contribution in [0.4, 0.5) is 10.1 Å². The first-order valence-electron chi connectivity index (χ1n) is 7.22. The van der Waals surface area contributed by atoms with Crippen molar-refractivity contribution < 1.29 is 14.0 Å². The Morgan fingerprint density at radius 1 is 1.10 bits per heavy atom. The molecule has 104 valence electrons. The van der Waals surface area contributed by atoms with E-state index in [4.69, 9.17) is 0 Å². The highest BCUT2D eigenvalue weighted by molar-refractivity contribution is 6.22. The van der Waals surface area contributed by atoms with E-state index in [-0.39, 0.29) is 23.7 Å². The summed E-state index contributed by atoms with van der Waals surface area (Å²) in [7, 11) is 0. The molecule has 4 rings (SSSR count). The SMILES string of the molecule is Cc1ccc(F)cc1N1C(=O)[C@H]2[C@H]3CC[C@@H](C3)[C@@H]2C1=O. The summed E-state index contributed by atoms with van der Waals surface area (Å²) < 4.78 is 13.5. The molecule has 0 aromatic heterocycles. The summed E-state index contributed by atoms with van der Waals surface area (Å²) in [4.78, 5) is 26.5. The van der Waals surface area contributed by atoms with E-state index in [0.29, 0.717) is 17.5 Å². The van der Waals surface area contributed by atoms with Crippen molar-refractivity contribution in [1.82, 2.24) is 0 Å². The average molecular weight is 273 g/mol. The summed E-state index contributed by atoms with van der Waals surface area (Å²) in [5.74, 6) is -0.207. The molecule has 2 amide bonds. The van der Waals surface area contributed by atoms with E-state index >= 15 is 0 Å². The Kier molecular flexibility index (Phi) is 2.35. The lowest BCUT2D eigenvalue weighted by atomic mass is 9.81. The van der Waals surface area contributed by atoms with Crippen molar-refractivity contribution in [2.45, 2.75) is 26.2 Å². The van der Waals surface area contributed by atoms with Crippen LogP contribution in [0.25, 0.3) is 0 Å². The summed E-state index contributed by atoms with van der Waals surface area (Å²) in [6.07, 6.45) is 3.13. The van der Waals surface area contributed by atoms with Gasteiger partial charge in [0.15, 0.2) is 0 Å². The number of halogens is 1. The Bertz CT molecular complexity index is 599. The van der Waals surface area contributed by atoms with Crippen LogP contribution in [-0.4, -0.2) is 11.8 Å². The molecular weight excluding hydrogens is 257 g/mol. The Morgan fingerprint density at radius 3 is 2.30 bits per heavy atom. The van der Waals surface area contributed by atoms with Gasteiger partial charge >= 0.3 is 0 Å². The van der Waals surface area contributed by atoms with Gasteiger partial charge in [0.05, 0.1) is 17.5 Å². The summed E-state index contributed by atoms with van der Waals surface area (Å²) in [6.45, 7) is 1.80. The fourth-order valence-corrected chi connectivity index (χ4v) is 4.47. The number of fused-ring (bicyclic) bond motifs is 5. The summed E-state index contributed by atoms with van der Waals surface area (Å²) in [5.41, 5.74) is 1.19. The van der Waals surface area contributed by atoms with Crippen molar-refractivity contribution in [3.8, 4) is 0 Å². The highest BCUT2D eigenvalue weighted by Crippen LogP contribution is 2.56. The number of carbonyl (C=O) groups is 2. The molecule has 2 saturated carbocycles. The number of rotatable bonds is 1. The molecule has 1 aliphatic heterocycles. The number of nitrogens with zero attached hydrogens (tertiary/aromatic N) is 1. The van der Waals surface area contributed by atoms with Crippen LogP contribution in [-0.2, 0) is 9.59 Å². The lowest BCUT2D eigenvalue weighted by Crippen LogP contribution is -2.33. The first-order chi connectivity index (χ1) is 9.58. The fourth-order valence-electron chi connectivity index (χ4n) is 4.47. The van der Waals surface area contributed by atoms with Crippen molar-refractivity contribution >= 4 is 17.5 Å². The van der Waals surface area contributed by atoms with Gasteiger partial charge in [-0.15, -0.1) is 0 Å². The molecule has 3 aliphatic rings. The van der Waals surface area contributed by atoms with Crippen LogP contribution in [0.5, 0.6) is 0 Å². The molecule has 1 aromatic carbocycles. The largest absolute Gasteiger partial charge is 0.274 e. The maximum Gasteiger partial charge on any atom is 0.237 e. The number of hydrogen-bond donors (Lipinski definition) is 0. The third-order valence-electron chi connectivity index (χ3n) is 5.34. The zero-order chi connectivity index (χ0) is 14.0. The Hall–Kier alpha value is -1.71. The van der Waals surface area contributed by atoms with Crippen LogP contribution < -0.4 is 4.90 Å². The van der Waals surface area contributed by atoms with Crippen molar-refractivity contribution in [1.29, 1.82) is 0 Å². The van der Waals surface area contributed by atoms with Crippen LogP contribution >= 0.6 is 0 Å². The Morgan fingerprint density at radius 2 is 1.70 bits per heavy atom. The van der Waals surface area contributed by atoms with Gasteiger partial charge in [0.1, 0.15) is 5.82 Å². The van der Waals surface area contributed by atoms with Crippen molar-refractivity contribution in [2.24, 2.45) is 23.7 Å². The van der Waals surface area contributed by atoms with Crippen LogP contribution in [0.15, 0.2) is 18.2 Å². The van der Waals surface area contributed by atoms with Gasteiger partial charge in [0.25, 0.3) is 0 Å². The first kappa shape index (κ1) is 12.1. The predicted molar refractivity (Wildman–Crippen MR) is 71.4 cm³/mol. The topological polar surface area (TPSA) is 37.4 Å². The van der Waals surface area contributed by atoms with Crippen LogP contribution in [0.3, 0.4) is 0 Å². The number of anilines is 1.